The molecule has 0 saturated carbocycles. The van der Waals surface area contributed by atoms with Crippen molar-refractivity contribution in [3.05, 3.63) is 59.7 Å². The lowest BCUT2D eigenvalue weighted by Gasteiger charge is -2.18. The second-order valence-corrected chi connectivity index (χ2v) is 9.69. The topological polar surface area (TPSA) is 92.3 Å². The molecule has 0 heterocycles. The van der Waals surface area contributed by atoms with Crippen LogP contribution in [0.1, 0.15) is 24.5 Å². The van der Waals surface area contributed by atoms with Crippen LogP contribution in [-0.4, -0.2) is 29.4 Å². The van der Waals surface area contributed by atoms with Gasteiger partial charge in [-0.15, -0.1) is 0 Å². The van der Waals surface area contributed by atoms with Gasteiger partial charge in [0.1, 0.15) is 0 Å². The van der Waals surface area contributed by atoms with Gasteiger partial charge in [-0.1, -0.05) is 42.3 Å². The van der Waals surface area contributed by atoms with Gasteiger partial charge >= 0.3 is 0 Å². The van der Waals surface area contributed by atoms with Crippen molar-refractivity contribution in [1.29, 1.82) is 0 Å². The molecule has 0 fully saturated rings. The minimum atomic E-state index is -3.71. The van der Waals surface area contributed by atoms with E-state index in [1.165, 1.54) is 24.3 Å². The predicted octanol–water partition coefficient (Wildman–Crippen LogP) is 2.34. The molecule has 2 aromatic carbocycles. The Morgan fingerprint density at radius 2 is 1.19 bits per heavy atom. The van der Waals surface area contributed by atoms with E-state index < -0.39 is 26.1 Å². The Morgan fingerprint density at radius 3 is 1.62 bits per heavy atom. The van der Waals surface area contributed by atoms with Crippen molar-refractivity contribution in [2.75, 3.05) is 6.54 Å². The summed E-state index contributed by atoms with van der Waals surface area (Å²) in [6, 6.07) is 12.4. The summed E-state index contributed by atoms with van der Waals surface area (Å²) < 4.78 is 54.6. The van der Waals surface area contributed by atoms with Gasteiger partial charge in [-0.2, -0.15) is 0 Å². The molecule has 0 bridgehead atoms. The second kappa shape index (κ2) is 8.30. The lowest BCUT2D eigenvalue weighted by atomic mass is 10.2. The van der Waals surface area contributed by atoms with Gasteiger partial charge in [-0.05, 0) is 44.5 Å². The van der Waals surface area contributed by atoms with Crippen LogP contribution >= 0.6 is 0 Å². The van der Waals surface area contributed by atoms with Gasteiger partial charge in [0.2, 0.25) is 20.0 Å². The van der Waals surface area contributed by atoms with Gasteiger partial charge in [0, 0.05) is 12.6 Å². The van der Waals surface area contributed by atoms with Gasteiger partial charge in [0.25, 0.3) is 0 Å². The molecule has 1 atom stereocenters. The van der Waals surface area contributed by atoms with Crippen LogP contribution in [0.2, 0.25) is 0 Å². The van der Waals surface area contributed by atoms with E-state index in [0.717, 1.165) is 11.1 Å². The average molecular weight is 397 g/mol. The highest BCUT2D eigenvalue weighted by molar-refractivity contribution is 7.90. The molecule has 2 rings (SSSR count). The first-order valence-corrected chi connectivity index (χ1v) is 11.3. The van der Waals surface area contributed by atoms with E-state index in [1.54, 1.807) is 31.2 Å². The van der Waals surface area contributed by atoms with Crippen LogP contribution in [0.15, 0.2) is 58.3 Å². The van der Waals surface area contributed by atoms with Crippen molar-refractivity contribution >= 4 is 20.0 Å². The molecular weight excluding hydrogens is 372 g/mol. The molecule has 0 aliphatic rings. The Labute approximate surface area is 155 Å². The molecule has 0 aliphatic carbocycles. The number of aryl methyl sites for hydroxylation is 2. The lowest BCUT2D eigenvalue weighted by molar-refractivity contribution is 0.523. The molecule has 0 saturated heterocycles. The van der Waals surface area contributed by atoms with E-state index in [1.807, 2.05) is 13.8 Å². The van der Waals surface area contributed by atoms with Crippen molar-refractivity contribution < 1.29 is 16.8 Å². The molecule has 6 nitrogen and oxygen atoms in total. The highest BCUT2D eigenvalue weighted by Crippen LogP contribution is 2.12. The minimum Gasteiger partial charge on any atom is -0.210 e. The van der Waals surface area contributed by atoms with Gasteiger partial charge in [-0.25, -0.2) is 26.3 Å². The lowest BCUT2D eigenvalue weighted by Crippen LogP contribution is -2.43. The van der Waals surface area contributed by atoms with Crippen molar-refractivity contribution in [3.8, 4) is 0 Å². The van der Waals surface area contributed by atoms with Crippen molar-refractivity contribution in [1.82, 2.24) is 9.44 Å². The van der Waals surface area contributed by atoms with Crippen LogP contribution in [0, 0.1) is 13.8 Å². The standard InChI is InChI=1S/C18H24N2O4S2/c1-4-16(20-26(23,24)18-11-7-15(3)8-12-18)13-19-25(21,22)17-9-5-14(2)6-10-17/h5-12,16,19-20H,4,13H2,1-3H3. The number of benzene rings is 2. The van der Waals surface area contributed by atoms with E-state index in [2.05, 4.69) is 9.44 Å². The molecule has 2 aromatic rings. The smallest absolute Gasteiger partial charge is 0.210 e. The third-order valence-corrected chi connectivity index (χ3v) is 6.97. The normalized spacial score (nSPS) is 13.5. The second-order valence-electron chi connectivity index (χ2n) is 6.20. The van der Waals surface area contributed by atoms with Gasteiger partial charge in [0.15, 0.2) is 0 Å². The summed E-state index contributed by atoms with van der Waals surface area (Å²) in [7, 11) is -7.40. The predicted molar refractivity (Wildman–Crippen MR) is 102 cm³/mol. The fourth-order valence-corrected chi connectivity index (χ4v) is 4.69. The summed E-state index contributed by atoms with van der Waals surface area (Å²) in [6.45, 7) is 5.51. The molecule has 0 radical (unpaired) electrons. The maximum absolute atomic E-state index is 12.5. The molecule has 0 spiro atoms. The number of hydrogen-bond acceptors (Lipinski definition) is 4. The number of rotatable bonds is 8. The molecule has 142 valence electrons. The monoisotopic (exact) mass is 396 g/mol. The summed E-state index contributed by atoms with van der Waals surface area (Å²) in [5.74, 6) is 0. The summed E-state index contributed by atoms with van der Waals surface area (Å²) in [5.41, 5.74) is 1.92. The van der Waals surface area contributed by atoms with Crippen molar-refractivity contribution in [2.24, 2.45) is 0 Å². The highest BCUT2D eigenvalue weighted by atomic mass is 32.2. The average Bonchev–Trinajstić information content (AvgIpc) is 2.59. The largest absolute Gasteiger partial charge is 0.240 e. The fraction of sp³-hybridized carbons (Fsp3) is 0.333. The van der Waals surface area contributed by atoms with Crippen LogP contribution in [0.25, 0.3) is 0 Å². The fourth-order valence-electron chi connectivity index (χ4n) is 2.29. The molecule has 0 aliphatic heterocycles. The van der Waals surface area contributed by atoms with Gasteiger partial charge < -0.3 is 0 Å². The molecule has 1 unspecified atom stereocenters. The Hall–Kier alpha value is -1.74. The highest BCUT2D eigenvalue weighted by Gasteiger charge is 2.21. The Balaban J connectivity index is 2.07. The zero-order chi connectivity index (χ0) is 19.4. The molecular formula is C18H24N2O4S2. The Morgan fingerprint density at radius 1 is 0.769 bits per heavy atom. The number of nitrogens with one attached hydrogen (secondary N) is 2. The molecule has 2 N–H and O–H groups in total. The molecule has 0 aromatic heterocycles. The number of hydrogen-bond donors (Lipinski definition) is 2. The Kier molecular flexibility index (Phi) is 6.57. The first-order chi connectivity index (χ1) is 12.1. The summed E-state index contributed by atoms with van der Waals surface area (Å²) >= 11 is 0. The quantitative estimate of drug-likeness (QED) is 0.716. The first-order valence-electron chi connectivity index (χ1n) is 8.29. The number of sulfonamides is 2. The van der Waals surface area contributed by atoms with Crippen LogP contribution in [0.4, 0.5) is 0 Å². The summed E-state index contributed by atoms with van der Waals surface area (Å²) in [5, 5.41) is 0. The molecule has 26 heavy (non-hydrogen) atoms. The maximum atomic E-state index is 12.5. The zero-order valence-corrected chi connectivity index (χ0v) is 16.7. The Bertz CT molecular complexity index is 936. The van der Waals surface area contributed by atoms with E-state index in [9.17, 15) is 16.8 Å². The van der Waals surface area contributed by atoms with Crippen LogP contribution in [0.5, 0.6) is 0 Å². The van der Waals surface area contributed by atoms with E-state index in [4.69, 9.17) is 0 Å². The maximum Gasteiger partial charge on any atom is 0.240 e. The van der Waals surface area contributed by atoms with Crippen LogP contribution in [-0.2, 0) is 20.0 Å². The van der Waals surface area contributed by atoms with Crippen LogP contribution in [0.3, 0.4) is 0 Å². The summed E-state index contributed by atoms with van der Waals surface area (Å²) in [6.07, 6.45) is 0.446. The first kappa shape index (κ1) is 20.6. The molecule has 8 heteroatoms. The van der Waals surface area contributed by atoms with Crippen molar-refractivity contribution in [3.63, 3.8) is 0 Å². The van der Waals surface area contributed by atoms with Crippen LogP contribution < -0.4 is 9.44 Å². The third kappa shape index (κ3) is 5.38. The molecule has 0 amide bonds. The van der Waals surface area contributed by atoms with E-state index in [0.29, 0.717) is 6.42 Å². The van der Waals surface area contributed by atoms with E-state index >= 15 is 0 Å². The SMILES string of the molecule is CCC(CNS(=O)(=O)c1ccc(C)cc1)NS(=O)(=O)c1ccc(C)cc1. The summed E-state index contributed by atoms with van der Waals surface area (Å²) in [4.78, 5) is 0.308. The van der Waals surface area contributed by atoms with E-state index in [-0.39, 0.29) is 16.3 Å². The van der Waals surface area contributed by atoms with Gasteiger partial charge in [-0.3, -0.25) is 0 Å². The third-order valence-electron chi connectivity index (χ3n) is 4.00. The van der Waals surface area contributed by atoms with Gasteiger partial charge in [0.05, 0.1) is 9.79 Å². The minimum absolute atomic E-state index is 0.0300. The zero-order valence-electron chi connectivity index (χ0n) is 15.1. The van der Waals surface area contributed by atoms with Crippen molar-refractivity contribution in [2.45, 2.75) is 43.0 Å².